The molecule has 1 aromatic rings. The van der Waals surface area contributed by atoms with Crippen molar-refractivity contribution in [3.05, 3.63) is 23.8 Å². The largest absolute Gasteiger partial charge is 0.508 e. The summed E-state index contributed by atoms with van der Waals surface area (Å²) < 4.78 is 0. The third-order valence-corrected chi connectivity index (χ3v) is 3.16. The van der Waals surface area contributed by atoms with Gasteiger partial charge in [-0.05, 0) is 37.8 Å². The normalized spacial score (nSPS) is 17.6. The molecule has 0 radical (unpaired) electrons. The van der Waals surface area contributed by atoms with Gasteiger partial charge in [0.05, 0.1) is 5.54 Å². The van der Waals surface area contributed by atoms with Crippen molar-refractivity contribution in [1.29, 1.82) is 0 Å². The van der Waals surface area contributed by atoms with Crippen molar-refractivity contribution in [1.82, 2.24) is 0 Å². The first kappa shape index (κ1) is 11.0. The highest BCUT2D eigenvalue weighted by atomic mass is 16.3. The first-order chi connectivity index (χ1) is 7.51. The maximum Gasteiger partial charge on any atom is 0.244 e. The number of hydrogen-bond donors (Lipinski definition) is 3. The third kappa shape index (κ3) is 1.88. The lowest BCUT2D eigenvalue weighted by atomic mass is 9.77. The topological polar surface area (TPSA) is 75.4 Å². The van der Waals surface area contributed by atoms with Gasteiger partial charge in [0, 0.05) is 11.8 Å². The molecule has 0 aliphatic heterocycles. The second kappa shape index (κ2) is 3.79. The number of benzene rings is 1. The van der Waals surface area contributed by atoms with E-state index < -0.39 is 5.54 Å². The van der Waals surface area contributed by atoms with E-state index in [-0.39, 0.29) is 11.7 Å². The van der Waals surface area contributed by atoms with Crippen LogP contribution >= 0.6 is 0 Å². The summed E-state index contributed by atoms with van der Waals surface area (Å²) in [5.74, 6) is 0.0134. The zero-order valence-electron chi connectivity index (χ0n) is 9.29. The minimum Gasteiger partial charge on any atom is -0.508 e. The van der Waals surface area contributed by atoms with E-state index in [9.17, 15) is 9.90 Å². The Labute approximate surface area is 94.5 Å². The van der Waals surface area contributed by atoms with Crippen molar-refractivity contribution in [3.63, 3.8) is 0 Å². The van der Waals surface area contributed by atoms with Crippen molar-refractivity contribution in [2.45, 2.75) is 31.7 Å². The summed E-state index contributed by atoms with van der Waals surface area (Å²) in [6.07, 6.45) is 2.47. The second-order valence-corrected chi connectivity index (χ2v) is 4.47. The maximum atomic E-state index is 11.8. The molecule has 1 saturated carbocycles. The molecule has 1 fully saturated rings. The van der Waals surface area contributed by atoms with E-state index in [1.165, 1.54) is 6.07 Å². The predicted octanol–water partition coefficient (Wildman–Crippen LogP) is 1.52. The molecule has 1 aromatic carbocycles. The average molecular weight is 220 g/mol. The minimum atomic E-state index is -0.708. The minimum absolute atomic E-state index is 0.165. The molecule has 4 heteroatoms. The summed E-state index contributed by atoms with van der Waals surface area (Å²) in [5.41, 5.74) is 6.55. The Morgan fingerprint density at radius 2 is 2.19 bits per heavy atom. The number of nitrogens with one attached hydrogen (secondary N) is 1. The third-order valence-electron chi connectivity index (χ3n) is 3.16. The molecule has 4 nitrogen and oxygen atoms in total. The molecule has 16 heavy (non-hydrogen) atoms. The van der Waals surface area contributed by atoms with Gasteiger partial charge in [0.2, 0.25) is 5.91 Å². The number of hydrogen-bond acceptors (Lipinski definition) is 3. The molecule has 0 heterocycles. The predicted molar refractivity (Wildman–Crippen MR) is 62.2 cm³/mol. The number of phenols is 1. The van der Waals surface area contributed by atoms with Gasteiger partial charge in [0.1, 0.15) is 5.75 Å². The Morgan fingerprint density at radius 1 is 1.50 bits per heavy atom. The maximum absolute atomic E-state index is 11.8. The summed E-state index contributed by atoms with van der Waals surface area (Å²) in [5, 5.41) is 12.2. The van der Waals surface area contributed by atoms with Gasteiger partial charge in [-0.3, -0.25) is 4.79 Å². The van der Waals surface area contributed by atoms with Crippen LogP contribution < -0.4 is 11.1 Å². The van der Waals surface area contributed by atoms with Gasteiger partial charge in [-0.1, -0.05) is 6.07 Å². The molecular formula is C12H16N2O2. The van der Waals surface area contributed by atoms with Crippen LogP contribution in [0.2, 0.25) is 0 Å². The fourth-order valence-electron chi connectivity index (χ4n) is 1.73. The number of nitrogens with two attached hydrogens (primary N) is 1. The van der Waals surface area contributed by atoms with Crippen molar-refractivity contribution in [2.75, 3.05) is 5.32 Å². The molecule has 1 aliphatic rings. The summed E-state index contributed by atoms with van der Waals surface area (Å²) >= 11 is 0. The zero-order valence-corrected chi connectivity index (χ0v) is 9.29. The average Bonchev–Trinajstić information content (AvgIpc) is 2.20. The summed E-state index contributed by atoms with van der Waals surface area (Å²) in [7, 11) is 0. The van der Waals surface area contributed by atoms with Gasteiger partial charge in [0.25, 0.3) is 0 Å². The Kier molecular flexibility index (Phi) is 2.59. The van der Waals surface area contributed by atoms with E-state index in [1.807, 2.05) is 0 Å². The lowest BCUT2D eigenvalue weighted by molar-refractivity contribution is -0.123. The molecule has 0 aromatic heterocycles. The number of anilines is 1. The van der Waals surface area contributed by atoms with E-state index in [0.29, 0.717) is 5.69 Å². The number of amides is 1. The number of aryl methyl sites for hydroxylation is 1. The molecule has 2 rings (SSSR count). The Hall–Kier alpha value is -1.55. The summed E-state index contributed by atoms with van der Waals surface area (Å²) in [6.45, 7) is 1.80. The fourth-order valence-corrected chi connectivity index (χ4v) is 1.73. The van der Waals surface area contributed by atoms with Crippen molar-refractivity contribution in [3.8, 4) is 5.75 Å². The van der Waals surface area contributed by atoms with E-state index >= 15 is 0 Å². The lowest BCUT2D eigenvalue weighted by Crippen LogP contribution is -2.56. The van der Waals surface area contributed by atoms with Gasteiger partial charge in [0.15, 0.2) is 0 Å². The smallest absolute Gasteiger partial charge is 0.244 e. The molecule has 0 saturated heterocycles. The van der Waals surface area contributed by atoms with Crippen LogP contribution in [0.25, 0.3) is 0 Å². The molecule has 4 N–H and O–H groups in total. The van der Waals surface area contributed by atoms with Crippen LogP contribution in [0.1, 0.15) is 24.8 Å². The quantitative estimate of drug-likeness (QED) is 0.707. The van der Waals surface area contributed by atoms with Crippen LogP contribution in [-0.2, 0) is 4.79 Å². The Balaban J connectivity index is 2.09. The summed E-state index contributed by atoms with van der Waals surface area (Å²) in [6, 6.07) is 5.05. The summed E-state index contributed by atoms with van der Waals surface area (Å²) in [4.78, 5) is 11.8. The van der Waals surface area contributed by atoms with Crippen LogP contribution in [0.15, 0.2) is 18.2 Å². The molecular weight excluding hydrogens is 204 g/mol. The van der Waals surface area contributed by atoms with Gasteiger partial charge in [-0.15, -0.1) is 0 Å². The van der Waals surface area contributed by atoms with Crippen LogP contribution in [-0.4, -0.2) is 16.6 Å². The first-order valence-corrected chi connectivity index (χ1v) is 5.41. The van der Waals surface area contributed by atoms with Crippen molar-refractivity contribution < 1.29 is 9.90 Å². The van der Waals surface area contributed by atoms with E-state index in [0.717, 1.165) is 24.8 Å². The highest BCUT2D eigenvalue weighted by molar-refractivity contribution is 5.98. The van der Waals surface area contributed by atoms with Crippen molar-refractivity contribution >= 4 is 11.6 Å². The van der Waals surface area contributed by atoms with Gasteiger partial charge < -0.3 is 16.2 Å². The molecule has 0 unspecified atom stereocenters. The molecule has 86 valence electrons. The molecule has 0 bridgehead atoms. The van der Waals surface area contributed by atoms with Crippen LogP contribution in [0.3, 0.4) is 0 Å². The lowest BCUT2D eigenvalue weighted by Gasteiger charge is -2.36. The molecule has 0 atom stereocenters. The van der Waals surface area contributed by atoms with Gasteiger partial charge >= 0.3 is 0 Å². The standard InChI is InChI=1S/C12H16N2O2/c1-8-3-4-9(7-10(8)15)14-11(16)12(13)5-2-6-12/h3-4,7,15H,2,5-6,13H2,1H3,(H,14,16). The monoisotopic (exact) mass is 220 g/mol. The second-order valence-electron chi connectivity index (χ2n) is 4.47. The SMILES string of the molecule is Cc1ccc(NC(=O)C2(N)CCC2)cc1O. The van der Waals surface area contributed by atoms with Crippen LogP contribution in [0.5, 0.6) is 5.75 Å². The van der Waals surface area contributed by atoms with E-state index in [2.05, 4.69) is 5.32 Å². The number of aromatic hydroxyl groups is 1. The zero-order chi connectivity index (χ0) is 11.8. The molecule has 1 amide bonds. The van der Waals surface area contributed by atoms with E-state index in [4.69, 9.17) is 5.73 Å². The van der Waals surface area contributed by atoms with Crippen LogP contribution in [0.4, 0.5) is 5.69 Å². The highest BCUT2D eigenvalue weighted by Crippen LogP contribution is 2.30. The van der Waals surface area contributed by atoms with Gasteiger partial charge in [-0.2, -0.15) is 0 Å². The van der Waals surface area contributed by atoms with Crippen LogP contribution in [0, 0.1) is 6.92 Å². The fraction of sp³-hybridized carbons (Fsp3) is 0.417. The number of phenolic OH excluding ortho intramolecular Hbond substituents is 1. The molecule has 1 aliphatic carbocycles. The highest BCUT2D eigenvalue weighted by Gasteiger charge is 2.40. The molecule has 0 spiro atoms. The van der Waals surface area contributed by atoms with Gasteiger partial charge in [-0.25, -0.2) is 0 Å². The number of carbonyl (C=O) groups excluding carboxylic acids is 1. The Morgan fingerprint density at radius 3 is 2.69 bits per heavy atom. The van der Waals surface area contributed by atoms with Crippen molar-refractivity contribution in [2.24, 2.45) is 5.73 Å². The Bertz CT molecular complexity index is 425. The van der Waals surface area contributed by atoms with E-state index in [1.54, 1.807) is 19.1 Å². The number of rotatable bonds is 2. The first-order valence-electron chi connectivity index (χ1n) is 5.41. The number of carbonyl (C=O) groups is 1.